The number of ether oxygens (including phenoxy) is 2. The summed E-state index contributed by atoms with van der Waals surface area (Å²) in [5, 5.41) is 0. The first-order valence-corrected chi connectivity index (χ1v) is 14.6. The van der Waals surface area contributed by atoms with E-state index in [1.54, 1.807) is 4.90 Å². The van der Waals surface area contributed by atoms with Crippen LogP contribution in [-0.4, -0.2) is 60.8 Å². The molecule has 5 rings (SSSR count). The Morgan fingerprint density at radius 3 is 2.49 bits per heavy atom. The largest absolute Gasteiger partial charge is 0.463 e. The highest BCUT2D eigenvalue weighted by atomic mass is 16.5. The lowest BCUT2D eigenvalue weighted by Crippen LogP contribution is -2.58. The molecule has 9 atom stereocenters. The van der Waals surface area contributed by atoms with Gasteiger partial charge in [-0.1, -0.05) is 20.8 Å². The van der Waals surface area contributed by atoms with E-state index in [2.05, 4.69) is 20.8 Å². The normalized spacial score (nSPS) is 42.3. The molecule has 1 saturated heterocycles. The molecule has 7 heteroatoms. The number of carbonyl (C=O) groups is 4. The van der Waals surface area contributed by atoms with Crippen LogP contribution in [0.4, 0.5) is 0 Å². The van der Waals surface area contributed by atoms with Crippen LogP contribution in [0.3, 0.4) is 0 Å². The SMILES string of the molecule is CC(=O)O[C@@H]1CC[C@@]2(C)[C@H](CC[C@H]3[C@@H]4CC[C@H]([C@H](C)CC(=O)C(=O)N5CCOCC5)[C@@]4(C)CC(=O)[C@@H]32)C1. The molecule has 0 aromatic carbocycles. The van der Waals surface area contributed by atoms with E-state index in [9.17, 15) is 19.2 Å². The smallest absolute Gasteiger partial charge is 0.302 e. The maximum Gasteiger partial charge on any atom is 0.302 e. The number of nitrogens with zero attached hydrogens (tertiary/aromatic N) is 1. The summed E-state index contributed by atoms with van der Waals surface area (Å²) >= 11 is 0. The Hall–Kier alpha value is -1.76. The number of amides is 1. The zero-order valence-electron chi connectivity index (χ0n) is 23.1. The Bertz CT molecular complexity index is 942. The van der Waals surface area contributed by atoms with Crippen LogP contribution in [0.25, 0.3) is 0 Å². The highest BCUT2D eigenvalue weighted by Crippen LogP contribution is 2.67. The molecule has 1 heterocycles. The lowest BCUT2D eigenvalue weighted by atomic mass is 9.44. The van der Waals surface area contributed by atoms with E-state index in [-0.39, 0.29) is 58.8 Å². The molecule has 0 aromatic heterocycles. The van der Waals surface area contributed by atoms with Crippen LogP contribution in [-0.2, 0) is 28.7 Å². The minimum atomic E-state index is -0.370. The van der Waals surface area contributed by atoms with Crippen LogP contribution in [0.5, 0.6) is 0 Å². The van der Waals surface area contributed by atoms with E-state index in [0.717, 1.165) is 44.9 Å². The van der Waals surface area contributed by atoms with E-state index >= 15 is 0 Å². The Morgan fingerprint density at radius 2 is 1.78 bits per heavy atom. The first-order chi connectivity index (χ1) is 17.5. The maximum absolute atomic E-state index is 14.0. The predicted molar refractivity (Wildman–Crippen MR) is 137 cm³/mol. The van der Waals surface area contributed by atoms with Crippen molar-refractivity contribution in [3.8, 4) is 0 Å². The minimum Gasteiger partial charge on any atom is -0.463 e. The van der Waals surface area contributed by atoms with Crippen LogP contribution >= 0.6 is 0 Å². The zero-order valence-corrected chi connectivity index (χ0v) is 23.1. The van der Waals surface area contributed by atoms with Gasteiger partial charge in [0.25, 0.3) is 5.91 Å². The molecular formula is C30H45NO6. The first-order valence-electron chi connectivity index (χ1n) is 14.6. The quantitative estimate of drug-likeness (QED) is 0.403. The molecule has 5 fully saturated rings. The van der Waals surface area contributed by atoms with Crippen molar-refractivity contribution in [1.29, 1.82) is 0 Å². The number of morpholine rings is 1. The van der Waals surface area contributed by atoms with Crippen molar-refractivity contribution in [3.05, 3.63) is 0 Å². The van der Waals surface area contributed by atoms with Gasteiger partial charge < -0.3 is 14.4 Å². The van der Waals surface area contributed by atoms with Gasteiger partial charge in [0.15, 0.2) is 0 Å². The molecule has 4 saturated carbocycles. The summed E-state index contributed by atoms with van der Waals surface area (Å²) < 4.78 is 10.9. The number of fused-ring (bicyclic) bond motifs is 5. The molecule has 0 aromatic rings. The van der Waals surface area contributed by atoms with Crippen LogP contribution in [0.1, 0.15) is 85.5 Å². The second kappa shape index (κ2) is 10.1. The van der Waals surface area contributed by atoms with Crippen molar-refractivity contribution in [1.82, 2.24) is 4.90 Å². The molecule has 7 nitrogen and oxygen atoms in total. The monoisotopic (exact) mass is 515 g/mol. The van der Waals surface area contributed by atoms with E-state index in [4.69, 9.17) is 9.47 Å². The maximum atomic E-state index is 14.0. The Morgan fingerprint density at radius 1 is 1.05 bits per heavy atom. The highest BCUT2D eigenvalue weighted by molar-refractivity contribution is 6.36. The summed E-state index contributed by atoms with van der Waals surface area (Å²) in [6.45, 7) is 10.2. The lowest BCUT2D eigenvalue weighted by Gasteiger charge is -2.60. The van der Waals surface area contributed by atoms with Gasteiger partial charge in [-0.3, -0.25) is 19.2 Å². The summed E-state index contributed by atoms with van der Waals surface area (Å²) in [6, 6.07) is 0. The van der Waals surface area contributed by atoms with Crippen molar-refractivity contribution in [2.24, 2.45) is 46.3 Å². The third kappa shape index (κ3) is 4.68. The number of ketones is 2. The van der Waals surface area contributed by atoms with Gasteiger partial charge in [0, 0.05) is 38.8 Å². The Kier molecular flexibility index (Phi) is 7.32. The minimum absolute atomic E-state index is 0.00879. The Balaban J connectivity index is 1.28. The summed E-state index contributed by atoms with van der Waals surface area (Å²) in [7, 11) is 0. The van der Waals surface area contributed by atoms with Crippen LogP contribution in [0.15, 0.2) is 0 Å². The fraction of sp³-hybridized carbons (Fsp3) is 0.867. The first kappa shape index (κ1) is 26.8. The molecule has 0 N–H and O–H groups in total. The van der Waals surface area contributed by atoms with E-state index < -0.39 is 0 Å². The van der Waals surface area contributed by atoms with Crippen LogP contribution in [0, 0.1) is 46.3 Å². The van der Waals surface area contributed by atoms with Gasteiger partial charge in [0.2, 0.25) is 5.78 Å². The number of esters is 1. The second-order valence-corrected chi connectivity index (χ2v) is 13.4. The van der Waals surface area contributed by atoms with Crippen LogP contribution in [0.2, 0.25) is 0 Å². The van der Waals surface area contributed by atoms with Crippen molar-refractivity contribution < 1.29 is 28.7 Å². The van der Waals surface area contributed by atoms with Gasteiger partial charge in [-0.05, 0) is 85.4 Å². The lowest BCUT2D eigenvalue weighted by molar-refractivity contribution is -0.169. The topological polar surface area (TPSA) is 90.0 Å². The standard InChI is InChI=1S/C30H45NO6/c1-18(15-25(33)28(35)31-11-13-36-14-12-31)23-7-8-24-22-6-5-20-16-21(37-19(2)32)9-10-29(20,3)27(22)26(34)17-30(23,24)4/h18,20-24,27H,5-17H2,1-4H3/t18-,20-,21-,22+,23-,24+,27-,29+,30-/m1/s1. The van der Waals surface area contributed by atoms with Crippen molar-refractivity contribution in [2.75, 3.05) is 26.3 Å². The van der Waals surface area contributed by atoms with Gasteiger partial charge in [0.1, 0.15) is 11.9 Å². The molecule has 5 aliphatic rings. The molecule has 0 spiro atoms. The van der Waals surface area contributed by atoms with Crippen molar-refractivity contribution in [2.45, 2.75) is 91.6 Å². The average molecular weight is 516 g/mol. The van der Waals surface area contributed by atoms with Crippen molar-refractivity contribution >= 4 is 23.4 Å². The number of rotatable bonds is 5. The summed E-state index contributed by atoms with van der Waals surface area (Å²) in [4.78, 5) is 52.8. The van der Waals surface area contributed by atoms with Gasteiger partial charge >= 0.3 is 5.97 Å². The van der Waals surface area contributed by atoms with Gasteiger partial charge in [0.05, 0.1) is 13.2 Å². The molecule has 206 valence electrons. The zero-order chi connectivity index (χ0) is 26.5. The molecule has 0 unspecified atom stereocenters. The fourth-order valence-electron chi connectivity index (χ4n) is 9.81. The molecule has 37 heavy (non-hydrogen) atoms. The third-order valence-corrected chi connectivity index (χ3v) is 11.4. The average Bonchev–Trinajstić information content (AvgIpc) is 3.20. The van der Waals surface area contributed by atoms with Crippen molar-refractivity contribution in [3.63, 3.8) is 0 Å². The number of Topliss-reactive ketones (excluding diaryl/α,β-unsaturated/α-hetero) is 2. The predicted octanol–water partition coefficient (Wildman–Crippen LogP) is 4.21. The van der Waals surface area contributed by atoms with Gasteiger partial charge in [-0.15, -0.1) is 0 Å². The van der Waals surface area contributed by atoms with E-state index in [0.29, 0.717) is 56.3 Å². The number of hydrogen-bond acceptors (Lipinski definition) is 6. The van der Waals surface area contributed by atoms with Gasteiger partial charge in [-0.25, -0.2) is 0 Å². The summed E-state index contributed by atoms with van der Waals surface area (Å²) in [5.41, 5.74) is -0.111. The molecule has 1 aliphatic heterocycles. The molecule has 0 bridgehead atoms. The van der Waals surface area contributed by atoms with Gasteiger partial charge in [-0.2, -0.15) is 0 Å². The highest BCUT2D eigenvalue weighted by Gasteiger charge is 2.63. The second-order valence-electron chi connectivity index (χ2n) is 13.4. The van der Waals surface area contributed by atoms with Crippen LogP contribution < -0.4 is 0 Å². The summed E-state index contributed by atoms with van der Waals surface area (Å²) in [6.07, 6.45) is 7.85. The third-order valence-electron chi connectivity index (χ3n) is 11.4. The molecular weight excluding hydrogens is 470 g/mol. The number of carbonyl (C=O) groups excluding carboxylic acids is 4. The molecule has 4 aliphatic carbocycles. The summed E-state index contributed by atoms with van der Waals surface area (Å²) in [5.74, 6) is 1.35. The molecule has 1 amide bonds. The molecule has 0 radical (unpaired) electrons. The Labute approximate surface area is 221 Å². The number of hydrogen-bond donors (Lipinski definition) is 0. The van der Waals surface area contributed by atoms with E-state index in [1.165, 1.54) is 6.92 Å². The fourth-order valence-corrected chi connectivity index (χ4v) is 9.81. The van der Waals surface area contributed by atoms with E-state index in [1.807, 2.05) is 0 Å².